The number of hydrogen-bond donors (Lipinski definition) is 1. The molecule has 0 bridgehead atoms. The normalized spacial score (nSPS) is 10.4. The summed E-state index contributed by atoms with van der Waals surface area (Å²) in [7, 11) is 1.65. The maximum atomic E-state index is 9.80. The van der Waals surface area contributed by atoms with E-state index in [9.17, 15) is 5.11 Å². The van der Waals surface area contributed by atoms with Crippen LogP contribution in [0.4, 0.5) is 0 Å². The highest BCUT2D eigenvalue weighted by Gasteiger charge is 2.10. The molecule has 0 unspecified atom stereocenters. The molecule has 3 heteroatoms. The third-order valence-electron chi connectivity index (χ3n) is 3.35. The van der Waals surface area contributed by atoms with Crippen LogP contribution in [0.3, 0.4) is 0 Å². The highest BCUT2D eigenvalue weighted by Crippen LogP contribution is 2.34. The lowest BCUT2D eigenvalue weighted by molar-refractivity contribution is 0.411. The first kappa shape index (κ1) is 14.3. The van der Waals surface area contributed by atoms with Gasteiger partial charge in [0.2, 0.25) is 0 Å². The van der Waals surface area contributed by atoms with Crippen molar-refractivity contribution in [2.75, 3.05) is 7.11 Å². The average Bonchev–Trinajstić information content (AvgIpc) is 2.39. The van der Waals surface area contributed by atoms with Crippen molar-refractivity contribution in [1.29, 1.82) is 0 Å². The number of aromatic hydroxyl groups is 1. The van der Waals surface area contributed by atoms with Crippen LogP contribution < -0.4 is 9.47 Å². The van der Waals surface area contributed by atoms with Gasteiger partial charge < -0.3 is 14.6 Å². The molecule has 0 aliphatic heterocycles. The second kappa shape index (κ2) is 5.45. The first-order valence-corrected chi connectivity index (χ1v) is 6.55. The molecule has 0 heterocycles. The summed E-state index contributed by atoms with van der Waals surface area (Å²) in [6.07, 6.45) is 0. The lowest BCUT2D eigenvalue weighted by atomic mass is 10.1. The van der Waals surface area contributed by atoms with Gasteiger partial charge >= 0.3 is 0 Å². The molecule has 0 aromatic heterocycles. The van der Waals surface area contributed by atoms with Gasteiger partial charge in [0.1, 0.15) is 23.0 Å². The van der Waals surface area contributed by atoms with Crippen LogP contribution in [0.2, 0.25) is 0 Å². The summed E-state index contributed by atoms with van der Waals surface area (Å²) >= 11 is 0. The van der Waals surface area contributed by atoms with Crippen molar-refractivity contribution in [1.82, 2.24) is 0 Å². The maximum Gasteiger partial charge on any atom is 0.133 e. The quantitative estimate of drug-likeness (QED) is 0.898. The highest BCUT2D eigenvalue weighted by atomic mass is 16.5. The Kier molecular flexibility index (Phi) is 3.89. The first-order valence-electron chi connectivity index (χ1n) is 6.55. The van der Waals surface area contributed by atoms with E-state index in [-0.39, 0.29) is 0 Å². The Morgan fingerprint density at radius 3 is 1.65 bits per heavy atom. The van der Waals surface area contributed by atoms with Crippen molar-refractivity contribution < 1.29 is 14.6 Å². The summed E-state index contributed by atoms with van der Waals surface area (Å²) < 4.78 is 11.2. The molecule has 2 aromatic rings. The fraction of sp³-hybridized carbons (Fsp3) is 0.294. The van der Waals surface area contributed by atoms with Crippen LogP contribution >= 0.6 is 0 Å². The van der Waals surface area contributed by atoms with Gasteiger partial charge in [-0.05, 0) is 74.2 Å². The standard InChI is InChI=1S/C17H20O3/c1-10-6-15(7-11(2)16(10)18)20-17-12(3)8-14(19-5)9-13(17)4/h6-9,18H,1-5H3. The molecule has 0 aliphatic carbocycles. The summed E-state index contributed by atoms with van der Waals surface area (Å²) in [6.45, 7) is 7.71. The molecule has 2 aromatic carbocycles. The lowest BCUT2D eigenvalue weighted by Crippen LogP contribution is -1.94. The summed E-state index contributed by atoms with van der Waals surface area (Å²) in [6, 6.07) is 7.57. The second-order valence-corrected chi connectivity index (χ2v) is 5.10. The molecule has 2 rings (SSSR count). The van der Waals surface area contributed by atoms with Crippen LogP contribution in [-0.2, 0) is 0 Å². The van der Waals surface area contributed by atoms with E-state index >= 15 is 0 Å². The molecule has 0 radical (unpaired) electrons. The molecule has 0 fully saturated rings. The van der Waals surface area contributed by atoms with Crippen LogP contribution in [0.25, 0.3) is 0 Å². The van der Waals surface area contributed by atoms with E-state index < -0.39 is 0 Å². The highest BCUT2D eigenvalue weighted by molar-refractivity contribution is 5.50. The van der Waals surface area contributed by atoms with Crippen molar-refractivity contribution in [2.45, 2.75) is 27.7 Å². The van der Waals surface area contributed by atoms with Crippen molar-refractivity contribution in [2.24, 2.45) is 0 Å². The molecule has 0 saturated heterocycles. The Morgan fingerprint density at radius 1 is 0.750 bits per heavy atom. The number of phenols is 1. The monoisotopic (exact) mass is 272 g/mol. The first-order chi connectivity index (χ1) is 9.42. The van der Waals surface area contributed by atoms with Crippen molar-refractivity contribution >= 4 is 0 Å². The average molecular weight is 272 g/mol. The number of methoxy groups -OCH3 is 1. The fourth-order valence-corrected chi connectivity index (χ4v) is 2.28. The molecule has 3 nitrogen and oxygen atoms in total. The maximum absolute atomic E-state index is 9.80. The molecule has 20 heavy (non-hydrogen) atoms. The van der Waals surface area contributed by atoms with Gasteiger partial charge in [-0.15, -0.1) is 0 Å². The van der Waals surface area contributed by atoms with E-state index in [4.69, 9.17) is 9.47 Å². The van der Waals surface area contributed by atoms with E-state index in [0.717, 1.165) is 39.5 Å². The molecule has 1 N–H and O–H groups in total. The number of benzene rings is 2. The minimum Gasteiger partial charge on any atom is -0.507 e. The fourth-order valence-electron chi connectivity index (χ4n) is 2.28. The van der Waals surface area contributed by atoms with Gasteiger partial charge in [-0.2, -0.15) is 0 Å². The Hall–Kier alpha value is -2.16. The number of phenolic OH excluding ortho intramolecular Hbond substituents is 1. The minimum atomic E-state index is 0.320. The van der Waals surface area contributed by atoms with E-state index in [1.165, 1.54) is 0 Å². The molecular formula is C17H20O3. The SMILES string of the molecule is COc1cc(C)c(Oc2cc(C)c(O)c(C)c2)c(C)c1. The largest absolute Gasteiger partial charge is 0.507 e. The van der Waals surface area contributed by atoms with Crippen LogP contribution in [0.5, 0.6) is 23.0 Å². The van der Waals surface area contributed by atoms with Gasteiger partial charge in [0.25, 0.3) is 0 Å². The molecule has 0 atom stereocenters. The van der Waals surface area contributed by atoms with Gasteiger partial charge in [0, 0.05) is 0 Å². The van der Waals surface area contributed by atoms with Crippen molar-refractivity contribution in [3.63, 3.8) is 0 Å². The van der Waals surface area contributed by atoms with Gasteiger partial charge in [0.05, 0.1) is 7.11 Å². The Bertz CT molecular complexity index is 599. The van der Waals surface area contributed by atoms with Gasteiger partial charge in [-0.25, -0.2) is 0 Å². The van der Waals surface area contributed by atoms with Gasteiger partial charge in [0.15, 0.2) is 0 Å². The molecule has 0 amide bonds. The number of ether oxygens (including phenoxy) is 2. The summed E-state index contributed by atoms with van der Waals surface area (Å²) in [5, 5.41) is 9.80. The Labute approximate surface area is 119 Å². The van der Waals surface area contributed by atoms with E-state index in [2.05, 4.69) is 0 Å². The molecule has 0 aliphatic rings. The summed E-state index contributed by atoms with van der Waals surface area (Å²) in [5.74, 6) is 2.70. The van der Waals surface area contributed by atoms with E-state index in [1.807, 2.05) is 52.0 Å². The number of aryl methyl sites for hydroxylation is 4. The topological polar surface area (TPSA) is 38.7 Å². The van der Waals surface area contributed by atoms with Crippen LogP contribution in [-0.4, -0.2) is 12.2 Å². The molecule has 0 saturated carbocycles. The second-order valence-electron chi connectivity index (χ2n) is 5.10. The lowest BCUT2D eigenvalue weighted by Gasteiger charge is -2.15. The van der Waals surface area contributed by atoms with Crippen LogP contribution in [0, 0.1) is 27.7 Å². The zero-order chi connectivity index (χ0) is 14.9. The van der Waals surface area contributed by atoms with Gasteiger partial charge in [-0.3, -0.25) is 0 Å². The zero-order valence-corrected chi connectivity index (χ0v) is 12.6. The number of rotatable bonds is 3. The summed E-state index contributed by atoms with van der Waals surface area (Å²) in [4.78, 5) is 0. The smallest absolute Gasteiger partial charge is 0.133 e. The van der Waals surface area contributed by atoms with Crippen LogP contribution in [0.15, 0.2) is 24.3 Å². The Morgan fingerprint density at radius 2 is 1.20 bits per heavy atom. The predicted molar refractivity (Wildman–Crippen MR) is 80.1 cm³/mol. The third kappa shape index (κ3) is 2.72. The zero-order valence-electron chi connectivity index (χ0n) is 12.6. The molecule has 106 valence electrons. The number of hydrogen-bond acceptors (Lipinski definition) is 3. The van der Waals surface area contributed by atoms with Gasteiger partial charge in [-0.1, -0.05) is 0 Å². The summed E-state index contributed by atoms with van der Waals surface area (Å²) in [5.41, 5.74) is 3.66. The van der Waals surface area contributed by atoms with Crippen molar-refractivity contribution in [3.05, 3.63) is 46.5 Å². The van der Waals surface area contributed by atoms with E-state index in [0.29, 0.717) is 5.75 Å². The predicted octanol–water partition coefficient (Wildman–Crippen LogP) is 4.43. The third-order valence-corrected chi connectivity index (χ3v) is 3.35. The van der Waals surface area contributed by atoms with Crippen LogP contribution in [0.1, 0.15) is 22.3 Å². The molecule has 0 spiro atoms. The van der Waals surface area contributed by atoms with Crippen molar-refractivity contribution in [3.8, 4) is 23.0 Å². The Balaban J connectivity index is 2.40. The molecular weight excluding hydrogens is 252 g/mol. The van der Waals surface area contributed by atoms with E-state index in [1.54, 1.807) is 7.11 Å². The minimum absolute atomic E-state index is 0.320.